The highest BCUT2D eigenvalue weighted by Crippen LogP contribution is 2.13. The van der Waals surface area contributed by atoms with Crippen LogP contribution >= 0.6 is 0 Å². The number of fused-ring (bicyclic) bond motifs is 1. The standard InChI is InChI=1S/C13H13N3O/c17-13-6-5-9(16-13)7-10-8-14-11-3-1-2-4-12(11)15-10/h1-4,8-9H,5-7H2,(H,16,17). The second-order valence-electron chi connectivity index (χ2n) is 4.36. The highest BCUT2D eigenvalue weighted by molar-refractivity contribution is 5.78. The first kappa shape index (κ1) is 10.2. The predicted octanol–water partition coefficient (Wildman–Crippen LogP) is 1.45. The van der Waals surface area contributed by atoms with Gasteiger partial charge in [0.05, 0.1) is 16.7 Å². The van der Waals surface area contributed by atoms with Crippen molar-refractivity contribution in [2.24, 2.45) is 0 Å². The fourth-order valence-electron chi connectivity index (χ4n) is 2.18. The van der Waals surface area contributed by atoms with Crippen LogP contribution in [0.1, 0.15) is 18.5 Å². The van der Waals surface area contributed by atoms with Crippen LogP contribution in [0.25, 0.3) is 11.0 Å². The lowest BCUT2D eigenvalue weighted by molar-refractivity contribution is -0.119. The molecule has 0 aliphatic carbocycles. The maximum absolute atomic E-state index is 11.1. The molecule has 1 N–H and O–H groups in total. The normalized spacial score (nSPS) is 19.5. The molecule has 1 aliphatic rings. The number of amides is 1. The first-order valence-corrected chi connectivity index (χ1v) is 5.81. The zero-order valence-electron chi connectivity index (χ0n) is 9.39. The molecule has 1 amide bonds. The van der Waals surface area contributed by atoms with E-state index in [1.165, 1.54) is 0 Å². The van der Waals surface area contributed by atoms with Crippen LogP contribution in [0.4, 0.5) is 0 Å². The average molecular weight is 227 g/mol. The van der Waals surface area contributed by atoms with E-state index >= 15 is 0 Å². The van der Waals surface area contributed by atoms with E-state index in [9.17, 15) is 4.79 Å². The summed E-state index contributed by atoms with van der Waals surface area (Å²) < 4.78 is 0. The van der Waals surface area contributed by atoms with Gasteiger partial charge in [-0.1, -0.05) is 12.1 Å². The minimum Gasteiger partial charge on any atom is -0.353 e. The summed E-state index contributed by atoms with van der Waals surface area (Å²) in [6, 6.07) is 8.03. The Balaban J connectivity index is 1.83. The second kappa shape index (κ2) is 4.13. The Bertz CT molecular complexity index is 567. The van der Waals surface area contributed by atoms with Crippen LogP contribution < -0.4 is 5.32 Å². The van der Waals surface area contributed by atoms with Crippen LogP contribution in [0.3, 0.4) is 0 Å². The first-order chi connectivity index (χ1) is 8.31. The summed E-state index contributed by atoms with van der Waals surface area (Å²) in [6.45, 7) is 0. The largest absolute Gasteiger partial charge is 0.353 e. The topological polar surface area (TPSA) is 54.9 Å². The molecule has 1 fully saturated rings. The number of hydrogen-bond donors (Lipinski definition) is 1. The molecule has 0 spiro atoms. The Labute approximate surface area is 99.1 Å². The summed E-state index contributed by atoms with van der Waals surface area (Å²) in [5, 5.41) is 2.94. The van der Waals surface area contributed by atoms with Crippen molar-refractivity contribution in [2.75, 3.05) is 0 Å². The van der Waals surface area contributed by atoms with Crippen molar-refractivity contribution in [2.45, 2.75) is 25.3 Å². The van der Waals surface area contributed by atoms with E-state index in [0.29, 0.717) is 6.42 Å². The van der Waals surface area contributed by atoms with Gasteiger partial charge in [-0.25, -0.2) is 4.98 Å². The fourth-order valence-corrected chi connectivity index (χ4v) is 2.18. The van der Waals surface area contributed by atoms with Gasteiger partial charge in [0.1, 0.15) is 0 Å². The lowest BCUT2D eigenvalue weighted by atomic mass is 10.1. The van der Waals surface area contributed by atoms with Crippen LogP contribution in [0.5, 0.6) is 0 Å². The third-order valence-electron chi connectivity index (χ3n) is 3.04. The summed E-state index contributed by atoms with van der Waals surface area (Å²) in [5.41, 5.74) is 2.76. The molecular weight excluding hydrogens is 214 g/mol. The zero-order valence-corrected chi connectivity index (χ0v) is 9.39. The predicted molar refractivity (Wildman–Crippen MR) is 64.4 cm³/mol. The molecule has 0 radical (unpaired) electrons. The van der Waals surface area contributed by atoms with E-state index < -0.39 is 0 Å². The van der Waals surface area contributed by atoms with Crippen LogP contribution in [0.2, 0.25) is 0 Å². The molecule has 1 atom stereocenters. The molecule has 1 aromatic carbocycles. The van der Waals surface area contributed by atoms with E-state index in [-0.39, 0.29) is 11.9 Å². The smallest absolute Gasteiger partial charge is 0.220 e. The number of para-hydroxylation sites is 2. The molecule has 1 aliphatic heterocycles. The second-order valence-corrected chi connectivity index (χ2v) is 4.36. The molecule has 1 saturated heterocycles. The van der Waals surface area contributed by atoms with Gasteiger partial charge in [-0.2, -0.15) is 0 Å². The van der Waals surface area contributed by atoms with Gasteiger partial charge in [0, 0.05) is 25.1 Å². The lowest BCUT2D eigenvalue weighted by Crippen LogP contribution is -2.27. The fraction of sp³-hybridized carbons (Fsp3) is 0.308. The Kier molecular flexibility index (Phi) is 2.48. The minimum atomic E-state index is 0.142. The Morgan fingerprint density at radius 1 is 1.29 bits per heavy atom. The van der Waals surface area contributed by atoms with Gasteiger partial charge in [0.15, 0.2) is 0 Å². The van der Waals surface area contributed by atoms with Crippen LogP contribution in [-0.4, -0.2) is 21.9 Å². The van der Waals surface area contributed by atoms with Crippen molar-refractivity contribution < 1.29 is 4.79 Å². The minimum absolute atomic E-state index is 0.142. The molecule has 17 heavy (non-hydrogen) atoms. The molecule has 86 valence electrons. The maximum Gasteiger partial charge on any atom is 0.220 e. The number of carbonyl (C=O) groups excluding carboxylic acids is 1. The third kappa shape index (κ3) is 2.11. The van der Waals surface area contributed by atoms with E-state index in [2.05, 4.69) is 15.3 Å². The maximum atomic E-state index is 11.1. The molecule has 4 nitrogen and oxygen atoms in total. The molecular formula is C13H13N3O. The zero-order chi connectivity index (χ0) is 11.7. The number of aromatic nitrogens is 2. The molecule has 1 aromatic heterocycles. The number of hydrogen-bond acceptors (Lipinski definition) is 3. The van der Waals surface area contributed by atoms with Crippen molar-refractivity contribution in [3.63, 3.8) is 0 Å². The number of rotatable bonds is 2. The number of nitrogens with zero attached hydrogens (tertiary/aromatic N) is 2. The van der Waals surface area contributed by atoms with Crippen LogP contribution in [0, 0.1) is 0 Å². The summed E-state index contributed by atoms with van der Waals surface area (Å²) in [4.78, 5) is 20.0. The Hall–Kier alpha value is -1.97. The monoisotopic (exact) mass is 227 g/mol. The molecule has 1 unspecified atom stereocenters. The average Bonchev–Trinajstić information content (AvgIpc) is 2.75. The number of nitrogens with one attached hydrogen (secondary N) is 1. The van der Waals surface area contributed by atoms with Crippen molar-refractivity contribution in [1.29, 1.82) is 0 Å². The van der Waals surface area contributed by atoms with Crippen molar-refractivity contribution >= 4 is 16.9 Å². The third-order valence-corrected chi connectivity index (χ3v) is 3.04. The Morgan fingerprint density at radius 2 is 2.12 bits per heavy atom. The SMILES string of the molecule is O=C1CCC(Cc2cnc3ccccc3n2)N1. The van der Waals surface area contributed by atoms with Gasteiger partial charge >= 0.3 is 0 Å². The summed E-state index contributed by atoms with van der Waals surface area (Å²) >= 11 is 0. The Morgan fingerprint density at radius 3 is 2.88 bits per heavy atom. The van der Waals surface area contributed by atoms with Gasteiger partial charge in [-0.3, -0.25) is 9.78 Å². The van der Waals surface area contributed by atoms with Crippen LogP contribution in [0.15, 0.2) is 30.5 Å². The van der Waals surface area contributed by atoms with Gasteiger partial charge < -0.3 is 5.32 Å². The molecule has 4 heteroatoms. The van der Waals surface area contributed by atoms with Crippen molar-refractivity contribution in [3.8, 4) is 0 Å². The first-order valence-electron chi connectivity index (χ1n) is 5.81. The van der Waals surface area contributed by atoms with Crippen LogP contribution in [-0.2, 0) is 11.2 Å². The highest BCUT2D eigenvalue weighted by atomic mass is 16.1. The van der Waals surface area contributed by atoms with E-state index in [0.717, 1.165) is 29.6 Å². The summed E-state index contributed by atoms with van der Waals surface area (Å²) in [5.74, 6) is 0.142. The summed E-state index contributed by atoms with van der Waals surface area (Å²) in [7, 11) is 0. The van der Waals surface area contributed by atoms with Crippen molar-refractivity contribution in [1.82, 2.24) is 15.3 Å². The number of carbonyl (C=O) groups is 1. The van der Waals surface area contributed by atoms with Gasteiger partial charge in [-0.05, 0) is 18.6 Å². The van der Waals surface area contributed by atoms with E-state index in [4.69, 9.17) is 0 Å². The number of benzene rings is 1. The van der Waals surface area contributed by atoms with E-state index in [1.807, 2.05) is 24.3 Å². The lowest BCUT2D eigenvalue weighted by Gasteiger charge is -2.09. The molecule has 2 aromatic rings. The van der Waals surface area contributed by atoms with Gasteiger partial charge in [-0.15, -0.1) is 0 Å². The molecule has 0 bridgehead atoms. The molecule has 0 saturated carbocycles. The summed E-state index contributed by atoms with van der Waals surface area (Å²) in [6.07, 6.45) is 4.09. The van der Waals surface area contributed by atoms with Crippen molar-refractivity contribution in [3.05, 3.63) is 36.2 Å². The highest BCUT2D eigenvalue weighted by Gasteiger charge is 2.21. The van der Waals surface area contributed by atoms with Gasteiger partial charge in [0.25, 0.3) is 0 Å². The molecule has 2 heterocycles. The molecule has 3 rings (SSSR count). The quantitative estimate of drug-likeness (QED) is 0.844. The van der Waals surface area contributed by atoms with E-state index in [1.54, 1.807) is 6.20 Å². The van der Waals surface area contributed by atoms with Gasteiger partial charge in [0.2, 0.25) is 5.91 Å².